The third kappa shape index (κ3) is 5.35. The van der Waals surface area contributed by atoms with Gasteiger partial charge in [-0.15, -0.1) is 0 Å². The van der Waals surface area contributed by atoms with E-state index < -0.39 is 35.5 Å². The Balaban J connectivity index is 1.68. The molecule has 1 amide bonds. The molecule has 1 fully saturated rings. The van der Waals surface area contributed by atoms with Crippen LogP contribution in [0.5, 0.6) is 0 Å². The Kier molecular flexibility index (Phi) is 7.28. The lowest BCUT2D eigenvalue weighted by Gasteiger charge is -2.30. The van der Waals surface area contributed by atoms with Gasteiger partial charge in [0.15, 0.2) is 0 Å². The second kappa shape index (κ2) is 10.4. The van der Waals surface area contributed by atoms with Crippen molar-refractivity contribution in [3.8, 4) is 0 Å². The van der Waals surface area contributed by atoms with E-state index >= 15 is 0 Å². The van der Waals surface area contributed by atoms with E-state index in [0.717, 1.165) is 17.7 Å². The van der Waals surface area contributed by atoms with Crippen molar-refractivity contribution in [3.05, 3.63) is 101 Å². The van der Waals surface area contributed by atoms with Crippen molar-refractivity contribution in [2.24, 2.45) is 0 Å². The number of halogens is 4. The second-order valence-corrected chi connectivity index (χ2v) is 8.48. The molecule has 2 atom stereocenters. The minimum atomic E-state index is -4.53. The lowest BCUT2D eigenvalue weighted by Crippen LogP contribution is -2.38. The molecule has 4 rings (SSSR count). The molecule has 3 aromatic carbocycles. The molecule has 5 nitrogen and oxygen atoms in total. The Hall–Kier alpha value is -3.88. The van der Waals surface area contributed by atoms with E-state index in [-0.39, 0.29) is 17.3 Å². The zero-order chi connectivity index (χ0) is 25.9. The van der Waals surface area contributed by atoms with Gasteiger partial charge in [0.05, 0.1) is 30.0 Å². The summed E-state index contributed by atoms with van der Waals surface area (Å²) >= 11 is 0. The molecule has 1 aliphatic rings. The molecule has 2 unspecified atom stereocenters. The van der Waals surface area contributed by atoms with Crippen LogP contribution < -0.4 is 5.32 Å². The normalized spacial score (nSPS) is 16.5. The van der Waals surface area contributed by atoms with E-state index in [1.54, 1.807) is 35.2 Å². The highest BCUT2D eigenvalue weighted by Crippen LogP contribution is 2.36. The third-order valence-electron chi connectivity index (χ3n) is 6.22. The molecule has 9 heteroatoms. The van der Waals surface area contributed by atoms with Crippen LogP contribution in [0.25, 0.3) is 0 Å². The van der Waals surface area contributed by atoms with Gasteiger partial charge < -0.3 is 15.0 Å². The number of carbonyl (C=O) groups is 2. The monoisotopic (exact) mass is 500 g/mol. The fourth-order valence-corrected chi connectivity index (χ4v) is 4.42. The van der Waals surface area contributed by atoms with Gasteiger partial charge in [-0.1, -0.05) is 36.4 Å². The molecule has 1 N–H and O–H groups in total. The Morgan fingerprint density at radius 2 is 1.75 bits per heavy atom. The number of likely N-dealkylation sites (tertiary alicyclic amines) is 1. The molecule has 1 saturated heterocycles. The van der Waals surface area contributed by atoms with Gasteiger partial charge in [-0.25, -0.2) is 9.18 Å². The quantitative estimate of drug-likeness (QED) is 0.326. The maximum Gasteiger partial charge on any atom is 0.416 e. The molecular weight excluding hydrogens is 476 g/mol. The van der Waals surface area contributed by atoms with Crippen LogP contribution in [-0.2, 0) is 15.7 Å². The number of anilines is 1. The maximum atomic E-state index is 14.4. The maximum absolute atomic E-state index is 14.4. The Labute approximate surface area is 205 Å². The molecule has 0 bridgehead atoms. The van der Waals surface area contributed by atoms with Crippen LogP contribution in [0.4, 0.5) is 23.2 Å². The Morgan fingerprint density at radius 1 is 1.03 bits per heavy atom. The molecule has 0 aliphatic carbocycles. The standard InChI is InChI=1S/C27H24F4N2O3/c1-36-26(35)19-7-4-6-18(16-19)23-10-5-15-33(23)25(34)24(32-22-9-3-2-8-21(22)28)17-11-13-20(14-12-17)27(29,30)31/h2-4,6-9,11-14,16,23-24,32H,5,10,15H2,1H3. The molecule has 0 aromatic heterocycles. The van der Waals surface area contributed by atoms with Gasteiger partial charge >= 0.3 is 12.1 Å². The number of nitrogens with zero attached hydrogens (tertiary/aromatic N) is 1. The van der Waals surface area contributed by atoms with Crippen molar-refractivity contribution in [1.29, 1.82) is 0 Å². The summed E-state index contributed by atoms with van der Waals surface area (Å²) in [5.74, 6) is -1.51. The van der Waals surface area contributed by atoms with Crippen molar-refractivity contribution in [2.75, 3.05) is 19.0 Å². The van der Waals surface area contributed by atoms with E-state index in [2.05, 4.69) is 5.32 Å². The first kappa shape index (κ1) is 25.2. The number of ether oxygens (including phenoxy) is 1. The first-order valence-corrected chi connectivity index (χ1v) is 11.4. The number of nitrogens with one attached hydrogen (secondary N) is 1. The summed E-state index contributed by atoms with van der Waals surface area (Å²) in [6, 6.07) is 15.3. The SMILES string of the molecule is COC(=O)c1cccc(C2CCCN2C(=O)C(Nc2ccccc2F)c2ccc(C(F)(F)F)cc2)c1. The zero-order valence-corrected chi connectivity index (χ0v) is 19.4. The van der Waals surface area contributed by atoms with Gasteiger partial charge in [-0.05, 0) is 60.4 Å². The number of benzene rings is 3. The summed E-state index contributed by atoms with van der Waals surface area (Å²) in [6.45, 7) is 0.405. The molecule has 36 heavy (non-hydrogen) atoms. The van der Waals surface area contributed by atoms with E-state index in [0.29, 0.717) is 24.9 Å². The third-order valence-corrected chi connectivity index (χ3v) is 6.22. The van der Waals surface area contributed by atoms with Gasteiger partial charge in [0.2, 0.25) is 5.91 Å². The van der Waals surface area contributed by atoms with Crippen LogP contribution in [0.2, 0.25) is 0 Å². The molecule has 1 heterocycles. The van der Waals surface area contributed by atoms with E-state index in [1.165, 1.54) is 37.4 Å². The fourth-order valence-electron chi connectivity index (χ4n) is 4.42. The van der Waals surface area contributed by atoms with E-state index in [9.17, 15) is 27.2 Å². The van der Waals surface area contributed by atoms with Crippen LogP contribution in [0.1, 0.15) is 52.0 Å². The van der Waals surface area contributed by atoms with Crippen molar-refractivity contribution >= 4 is 17.6 Å². The summed E-state index contributed by atoms with van der Waals surface area (Å²) in [5, 5.41) is 2.89. The lowest BCUT2D eigenvalue weighted by molar-refractivity contribution is -0.137. The Bertz CT molecular complexity index is 1240. The van der Waals surface area contributed by atoms with Gasteiger partial charge in [-0.2, -0.15) is 13.2 Å². The first-order chi connectivity index (χ1) is 17.2. The number of hydrogen-bond acceptors (Lipinski definition) is 4. The number of para-hydroxylation sites is 1. The van der Waals surface area contributed by atoms with Crippen LogP contribution in [0, 0.1) is 5.82 Å². The van der Waals surface area contributed by atoms with Gasteiger partial charge in [0.25, 0.3) is 0 Å². The van der Waals surface area contributed by atoms with Gasteiger partial charge in [0, 0.05) is 6.54 Å². The summed E-state index contributed by atoms with van der Waals surface area (Å²) < 4.78 is 58.5. The molecule has 0 radical (unpaired) electrons. The number of amides is 1. The number of carbonyl (C=O) groups excluding carboxylic acids is 2. The number of methoxy groups -OCH3 is 1. The van der Waals surface area contributed by atoms with Crippen molar-refractivity contribution < 1.29 is 31.9 Å². The van der Waals surface area contributed by atoms with Crippen molar-refractivity contribution in [2.45, 2.75) is 31.1 Å². The first-order valence-electron chi connectivity index (χ1n) is 11.4. The average Bonchev–Trinajstić information content (AvgIpc) is 3.37. The molecule has 0 spiro atoms. The molecule has 0 saturated carbocycles. The van der Waals surface area contributed by atoms with Gasteiger partial charge in [0.1, 0.15) is 11.9 Å². The summed E-state index contributed by atoms with van der Waals surface area (Å²) in [5.41, 5.74) is 0.560. The second-order valence-electron chi connectivity index (χ2n) is 8.48. The summed E-state index contributed by atoms with van der Waals surface area (Å²) in [7, 11) is 1.28. The number of hydrogen-bond donors (Lipinski definition) is 1. The molecule has 188 valence electrons. The average molecular weight is 500 g/mol. The highest BCUT2D eigenvalue weighted by atomic mass is 19.4. The summed E-state index contributed by atoms with van der Waals surface area (Å²) in [4.78, 5) is 27.4. The molecule has 1 aliphatic heterocycles. The van der Waals surface area contributed by atoms with Crippen LogP contribution in [0.15, 0.2) is 72.8 Å². The highest BCUT2D eigenvalue weighted by molar-refractivity contribution is 5.90. The topological polar surface area (TPSA) is 58.6 Å². The van der Waals surface area contributed by atoms with E-state index in [4.69, 9.17) is 4.74 Å². The van der Waals surface area contributed by atoms with Crippen LogP contribution in [-0.4, -0.2) is 30.4 Å². The van der Waals surface area contributed by atoms with Gasteiger partial charge in [-0.3, -0.25) is 4.79 Å². The largest absolute Gasteiger partial charge is 0.465 e. The number of rotatable bonds is 6. The number of esters is 1. The van der Waals surface area contributed by atoms with Crippen molar-refractivity contribution in [3.63, 3.8) is 0 Å². The Morgan fingerprint density at radius 3 is 2.42 bits per heavy atom. The van der Waals surface area contributed by atoms with Crippen molar-refractivity contribution in [1.82, 2.24) is 4.90 Å². The predicted molar refractivity (Wildman–Crippen MR) is 126 cm³/mol. The summed E-state index contributed by atoms with van der Waals surface area (Å²) in [6.07, 6.45) is -3.20. The van der Waals surface area contributed by atoms with E-state index in [1.807, 2.05) is 0 Å². The molecule has 3 aromatic rings. The zero-order valence-electron chi connectivity index (χ0n) is 19.4. The van der Waals surface area contributed by atoms with Crippen LogP contribution >= 0.6 is 0 Å². The highest BCUT2D eigenvalue weighted by Gasteiger charge is 2.36. The van der Waals surface area contributed by atoms with Crippen LogP contribution in [0.3, 0.4) is 0 Å². The minimum Gasteiger partial charge on any atom is -0.465 e. The smallest absolute Gasteiger partial charge is 0.416 e. The number of alkyl halides is 3. The lowest BCUT2D eigenvalue weighted by atomic mass is 9.99. The fraction of sp³-hybridized carbons (Fsp3) is 0.259. The predicted octanol–water partition coefficient (Wildman–Crippen LogP) is 6.15. The molecular formula is C27H24F4N2O3. The minimum absolute atomic E-state index is 0.0548.